The van der Waals surface area contributed by atoms with Gasteiger partial charge in [0.05, 0.1) is 17.4 Å². The van der Waals surface area contributed by atoms with Gasteiger partial charge in [0.2, 0.25) is 20.3 Å². The molecule has 0 aliphatic rings. The molecule has 0 saturated heterocycles. The molecule has 0 aliphatic heterocycles. The molecule has 2 rings (SSSR count). The number of hydrogen-bond acceptors (Lipinski definition) is 6. The highest BCUT2D eigenvalue weighted by molar-refractivity contribution is 7.92. The van der Waals surface area contributed by atoms with Crippen LogP contribution in [0.2, 0.25) is 0 Å². The standard InChI is InChI=1S/C11H9F3N4O3S2/c1-23(20,21)18-10-17-16-9(22-10)15-8(19)6-4-2-3-5-7(6)11(12,13)14/h2-5H,1H3,(H,17,18)(H,15,16,19). The number of sulfonamides is 1. The molecule has 2 aromatic rings. The van der Waals surface area contributed by atoms with Gasteiger partial charge in [-0.15, -0.1) is 10.2 Å². The van der Waals surface area contributed by atoms with E-state index in [0.717, 1.165) is 18.4 Å². The average molecular weight is 366 g/mol. The lowest BCUT2D eigenvalue weighted by Gasteiger charge is -2.11. The minimum atomic E-state index is -4.68. The molecule has 0 saturated carbocycles. The normalized spacial score (nSPS) is 12.0. The van der Waals surface area contributed by atoms with Crippen LogP contribution in [0.1, 0.15) is 15.9 Å². The summed E-state index contributed by atoms with van der Waals surface area (Å²) in [5, 5.41) is 8.84. The molecule has 0 unspecified atom stereocenters. The van der Waals surface area contributed by atoms with E-state index in [2.05, 4.69) is 15.5 Å². The Kier molecular flexibility index (Phi) is 4.56. The summed E-state index contributed by atoms with van der Waals surface area (Å²) in [5.41, 5.74) is -1.66. The van der Waals surface area contributed by atoms with Crippen LogP contribution in [0.4, 0.5) is 23.4 Å². The summed E-state index contributed by atoms with van der Waals surface area (Å²) in [6, 6.07) is 4.26. The van der Waals surface area contributed by atoms with E-state index in [4.69, 9.17) is 0 Å². The van der Waals surface area contributed by atoms with Crippen LogP contribution in [-0.2, 0) is 16.2 Å². The Morgan fingerprint density at radius 1 is 1.17 bits per heavy atom. The third-order valence-corrected chi connectivity index (χ3v) is 3.84. The number of halogens is 3. The van der Waals surface area contributed by atoms with Gasteiger partial charge in [0.15, 0.2) is 0 Å². The minimum absolute atomic E-state index is 0.119. The molecular weight excluding hydrogens is 357 g/mol. The van der Waals surface area contributed by atoms with Crippen LogP contribution in [0, 0.1) is 0 Å². The Labute approximate surface area is 132 Å². The molecule has 1 aromatic heterocycles. The summed E-state index contributed by atoms with van der Waals surface area (Å²) in [6.45, 7) is 0. The molecular formula is C11H9F3N4O3S2. The van der Waals surface area contributed by atoms with Crippen LogP contribution >= 0.6 is 11.3 Å². The number of hydrogen-bond donors (Lipinski definition) is 2. The quantitative estimate of drug-likeness (QED) is 0.864. The second-order valence-corrected chi connectivity index (χ2v) is 7.01. The summed E-state index contributed by atoms with van der Waals surface area (Å²) in [5.74, 6) is -1.03. The maximum atomic E-state index is 12.9. The van der Waals surface area contributed by atoms with Gasteiger partial charge in [0.1, 0.15) is 0 Å². The van der Waals surface area contributed by atoms with E-state index in [9.17, 15) is 26.4 Å². The number of rotatable bonds is 4. The third kappa shape index (κ3) is 4.63. The highest BCUT2D eigenvalue weighted by Crippen LogP contribution is 2.32. The number of amides is 1. The molecule has 0 spiro atoms. The predicted molar refractivity (Wildman–Crippen MR) is 77.8 cm³/mol. The molecule has 7 nitrogen and oxygen atoms in total. The first-order valence-electron chi connectivity index (χ1n) is 5.85. The predicted octanol–water partition coefficient (Wildman–Crippen LogP) is 2.18. The Balaban J connectivity index is 2.21. The molecule has 0 fully saturated rings. The maximum absolute atomic E-state index is 12.9. The lowest BCUT2D eigenvalue weighted by Crippen LogP contribution is -2.18. The third-order valence-electron chi connectivity index (χ3n) is 2.40. The number of carbonyl (C=O) groups excluding carboxylic acids is 1. The Morgan fingerprint density at radius 2 is 1.78 bits per heavy atom. The number of carbonyl (C=O) groups is 1. The molecule has 0 aliphatic carbocycles. The molecule has 1 aromatic carbocycles. The van der Waals surface area contributed by atoms with Gasteiger partial charge in [-0.25, -0.2) is 8.42 Å². The van der Waals surface area contributed by atoms with Crippen molar-refractivity contribution in [1.82, 2.24) is 10.2 Å². The van der Waals surface area contributed by atoms with Crippen molar-refractivity contribution in [3.63, 3.8) is 0 Å². The number of aromatic nitrogens is 2. The first-order chi connectivity index (χ1) is 10.6. The van der Waals surface area contributed by atoms with Crippen molar-refractivity contribution >= 4 is 37.5 Å². The number of alkyl halides is 3. The van der Waals surface area contributed by atoms with Crippen LogP contribution in [0.15, 0.2) is 24.3 Å². The van der Waals surface area contributed by atoms with Gasteiger partial charge in [-0.2, -0.15) is 13.2 Å². The molecule has 1 amide bonds. The Hall–Kier alpha value is -2.21. The molecule has 0 bridgehead atoms. The highest BCUT2D eigenvalue weighted by Gasteiger charge is 2.35. The zero-order chi connectivity index (χ0) is 17.3. The number of nitrogens with one attached hydrogen (secondary N) is 2. The van der Waals surface area contributed by atoms with Crippen LogP contribution in [-0.4, -0.2) is 30.8 Å². The van der Waals surface area contributed by atoms with Crippen molar-refractivity contribution in [3.05, 3.63) is 35.4 Å². The van der Waals surface area contributed by atoms with E-state index < -0.39 is 33.2 Å². The largest absolute Gasteiger partial charge is 0.417 e. The molecule has 0 radical (unpaired) electrons. The zero-order valence-electron chi connectivity index (χ0n) is 11.4. The molecule has 12 heteroatoms. The smallest absolute Gasteiger partial charge is 0.296 e. The number of benzene rings is 1. The van der Waals surface area contributed by atoms with E-state index in [1.165, 1.54) is 12.1 Å². The summed E-state index contributed by atoms with van der Waals surface area (Å²) in [7, 11) is -3.57. The molecule has 23 heavy (non-hydrogen) atoms. The van der Waals surface area contributed by atoms with Gasteiger partial charge in [-0.3, -0.25) is 14.8 Å². The zero-order valence-corrected chi connectivity index (χ0v) is 13.0. The first kappa shape index (κ1) is 17.1. The van der Waals surface area contributed by atoms with Crippen molar-refractivity contribution in [2.75, 3.05) is 16.3 Å². The van der Waals surface area contributed by atoms with Crippen molar-refractivity contribution in [2.45, 2.75) is 6.18 Å². The van der Waals surface area contributed by atoms with E-state index in [0.29, 0.717) is 11.3 Å². The molecule has 0 atom stereocenters. The number of nitrogens with zero attached hydrogens (tertiary/aromatic N) is 2. The first-order valence-corrected chi connectivity index (χ1v) is 8.56. The number of anilines is 2. The monoisotopic (exact) mass is 366 g/mol. The van der Waals surface area contributed by atoms with Gasteiger partial charge in [0, 0.05) is 0 Å². The SMILES string of the molecule is CS(=O)(=O)Nc1nnc(NC(=O)c2ccccc2C(F)(F)F)s1. The van der Waals surface area contributed by atoms with Crippen molar-refractivity contribution < 1.29 is 26.4 Å². The Morgan fingerprint density at radius 3 is 2.39 bits per heavy atom. The second kappa shape index (κ2) is 6.12. The van der Waals surface area contributed by atoms with E-state index in [1.807, 2.05) is 4.72 Å². The fourth-order valence-corrected chi connectivity index (χ4v) is 3.04. The lowest BCUT2D eigenvalue weighted by molar-refractivity contribution is -0.137. The van der Waals surface area contributed by atoms with Gasteiger partial charge < -0.3 is 0 Å². The van der Waals surface area contributed by atoms with Gasteiger partial charge in [-0.1, -0.05) is 23.5 Å². The summed E-state index contributed by atoms with van der Waals surface area (Å²) < 4.78 is 62.7. The van der Waals surface area contributed by atoms with E-state index in [-0.39, 0.29) is 10.3 Å². The van der Waals surface area contributed by atoms with Gasteiger partial charge >= 0.3 is 6.18 Å². The second-order valence-electron chi connectivity index (χ2n) is 4.28. The average Bonchev–Trinajstić information content (AvgIpc) is 2.82. The summed E-state index contributed by atoms with van der Waals surface area (Å²) >= 11 is 0.670. The highest BCUT2D eigenvalue weighted by atomic mass is 32.2. The van der Waals surface area contributed by atoms with E-state index in [1.54, 1.807) is 0 Å². The molecule has 2 N–H and O–H groups in total. The van der Waals surface area contributed by atoms with Crippen LogP contribution in [0.3, 0.4) is 0 Å². The summed E-state index contributed by atoms with van der Waals surface area (Å²) in [6.07, 6.45) is -3.79. The van der Waals surface area contributed by atoms with Gasteiger partial charge in [0.25, 0.3) is 5.91 Å². The Bertz CT molecular complexity index is 833. The minimum Gasteiger partial charge on any atom is -0.296 e. The van der Waals surface area contributed by atoms with Crippen molar-refractivity contribution in [3.8, 4) is 0 Å². The van der Waals surface area contributed by atoms with Gasteiger partial charge in [-0.05, 0) is 12.1 Å². The van der Waals surface area contributed by atoms with Crippen LogP contribution < -0.4 is 10.0 Å². The fourth-order valence-electron chi connectivity index (χ4n) is 1.57. The fraction of sp³-hybridized carbons (Fsp3) is 0.182. The van der Waals surface area contributed by atoms with E-state index >= 15 is 0 Å². The van der Waals surface area contributed by atoms with Crippen molar-refractivity contribution in [2.24, 2.45) is 0 Å². The van der Waals surface area contributed by atoms with Crippen molar-refractivity contribution in [1.29, 1.82) is 0 Å². The van der Waals surface area contributed by atoms with Crippen LogP contribution in [0.5, 0.6) is 0 Å². The molecule has 1 heterocycles. The topological polar surface area (TPSA) is 101 Å². The molecule has 124 valence electrons. The van der Waals surface area contributed by atoms with Crippen LogP contribution in [0.25, 0.3) is 0 Å². The summed E-state index contributed by atoms with van der Waals surface area (Å²) in [4.78, 5) is 12.0. The maximum Gasteiger partial charge on any atom is 0.417 e. The lowest BCUT2D eigenvalue weighted by atomic mass is 10.1.